The van der Waals surface area contributed by atoms with Crippen molar-refractivity contribution in [1.29, 1.82) is 0 Å². The molecule has 0 aliphatic carbocycles. The molecule has 0 saturated carbocycles. The lowest BCUT2D eigenvalue weighted by molar-refractivity contribution is 0.796. The van der Waals surface area contributed by atoms with Crippen LogP contribution in [-0.4, -0.2) is 34.7 Å². The molecule has 0 fully saturated rings. The third-order valence-corrected chi connectivity index (χ3v) is 2.67. The second kappa shape index (κ2) is 4.69. The molecule has 0 bridgehead atoms. The Morgan fingerprint density at radius 1 is 1.16 bits per heavy atom. The van der Waals surface area contributed by atoms with Gasteiger partial charge in [0.05, 0.1) is 0 Å². The summed E-state index contributed by atoms with van der Waals surface area (Å²) in [5, 5.41) is 4.06. The lowest BCUT2D eigenvalue weighted by atomic mass is 10.1. The van der Waals surface area contributed by atoms with Gasteiger partial charge in [0.1, 0.15) is 12.7 Å². The van der Waals surface area contributed by atoms with E-state index in [4.69, 9.17) is 11.6 Å². The molecule has 0 aliphatic heterocycles. The Morgan fingerprint density at radius 2 is 2.05 bits per heavy atom. The van der Waals surface area contributed by atoms with Crippen molar-refractivity contribution in [3.05, 3.63) is 42.0 Å². The van der Waals surface area contributed by atoms with Crippen molar-refractivity contribution < 1.29 is 0 Å². The van der Waals surface area contributed by atoms with Crippen LogP contribution >= 0.6 is 11.6 Å². The maximum absolute atomic E-state index is 5.92. The zero-order valence-electron chi connectivity index (χ0n) is 9.90. The molecule has 0 saturated heterocycles. The fourth-order valence-electron chi connectivity index (χ4n) is 1.57. The summed E-state index contributed by atoms with van der Waals surface area (Å²) < 4.78 is 1.42. The van der Waals surface area contributed by atoms with E-state index >= 15 is 0 Å². The van der Waals surface area contributed by atoms with Gasteiger partial charge in [-0.2, -0.15) is 24.7 Å². The van der Waals surface area contributed by atoms with E-state index in [0.29, 0.717) is 11.8 Å². The van der Waals surface area contributed by atoms with Crippen molar-refractivity contribution in [2.75, 3.05) is 0 Å². The predicted octanol–water partition coefficient (Wildman–Crippen LogP) is 1.48. The highest BCUT2D eigenvalue weighted by molar-refractivity contribution is 6.28. The lowest BCUT2D eigenvalue weighted by Gasteiger charge is -2.05. The molecule has 0 unspecified atom stereocenters. The van der Waals surface area contributed by atoms with Crippen LogP contribution in [0.3, 0.4) is 0 Å². The normalized spacial score (nSPS) is 10.6. The van der Waals surface area contributed by atoms with Crippen molar-refractivity contribution in [3.63, 3.8) is 0 Å². The van der Waals surface area contributed by atoms with Crippen LogP contribution in [0.4, 0.5) is 0 Å². The van der Waals surface area contributed by atoms with Gasteiger partial charge in [-0.15, -0.1) is 0 Å². The van der Waals surface area contributed by atoms with Crippen molar-refractivity contribution in [1.82, 2.24) is 34.7 Å². The molecule has 0 amide bonds. The Labute approximate surface area is 113 Å². The van der Waals surface area contributed by atoms with Gasteiger partial charge in [0.25, 0.3) is 5.95 Å². The van der Waals surface area contributed by atoms with Crippen LogP contribution in [-0.2, 0) is 0 Å². The van der Waals surface area contributed by atoms with E-state index in [1.807, 2.05) is 13.0 Å². The largest absolute Gasteiger partial charge is 0.264 e. The molecule has 0 atom stereocenters. The predicted molar refractivity (Wildman–Crippen MR) is 67.7 cm³/mol. The highest BCUT2D eigenvalue weighted by atomic mass is 35.5. The minimum absolute atomic E-state index is 0.0961. The lowest BCUT2D eigenvalue weighted by Crippen LogP contribution is -2.05. The molecule has 3 rings (SSSR count). The van der Waals surface area contributed by atoms with E-state index < -0.39 is 0 Å². The molecule has 3 heterocycles. The molecule has 94 valence electrons. The summed E-state index contributed by atoms with van der Waals surface area (Å²) in [5.74, 6) is 0.770. The summed E-state index contributed by atoms with van der Waals surface area (Å²) in [6, 6.07) is 1.88. The average molecular weight is 274 g/mol. The summed E-state index contributed by atoms with van der Waals surface area (Å²) in [5.41, 5.74) is 1.80. The Morgan fingerprint density at radius 3 is 2.79 bits per heavy atom. The second-order valence-corrected chi connectivity index (χ2v) is 4.10. The average Bonchev–Trinajstić information content (AvgIpc) is 2.92. The number of hydrogen-bond acceptors (Lipinski definition) is 6. The third kappa shape index (κ3) is 2.27. The first-order valence-electron chi connectivity index (χ1n) is 5.41. The van der Waals surface area contributed by atoms with Gasteiger partial charge in [-0.25, -0.2) is 4.98 Å². The standard InChI is InChI=1S/C11H8ClN7/c1-7-2-3-13-4-8(7)9-16-10(12)18-11(17-9)19-6-14-5-15-19/h2-6H,1H3. The zero-order valence-corrected chi connectivity index (χ0v) is 10.7. The Kier molecular flexibility index (Phi) is 2.88. The molecule has 19 heavy (non-hydrogen) atoms. The summed E-state index contributed by atoms with van der Waals surface area (Å²) in [7, 11) is 0. The Balaban J connectivity index is 2.16. The zero-order chi connectivity index (χ0) is 13.2. The monoisotopic (exact) mass is 273 g/mol. The maximum atomic E-state index is 5.92. The number of nitrogens with zero attached hydrogens (tertiary/aromatic N) is 7. The summed E-state index contributed by atoms with van der Waals surface area (Å²) in [4.78, 5) is 20.4. The smallest absolute Gasteiger partial charge is 0.256 e. The molecule has 0 N–H and O–H groups in total. The van der Waals surface area contributed by atoms with Crippen LogP contribution in [0.25, 0.3) is 17.3 Å². The second-order valence-electron chi connectivity index (χ2n) is 3.76. The quantitative estimate of drug-likeness (QED) is 0.703. The molecular formula is C11H8ClN7. The molecule has 0 aliphatic rings. The van der Waals surface area contributed by atoms with Crippen LogP contribution in [0, 0.1) is 6.92 Å². The van der Waals surface area contributed by atoms with E-state index in [-0.39, 0.29) is 5.28 Å². The molecule has 0 aromatic carbocycles. The van der Waals surface area contributed by atoms with Crippen molar-refractivity contribution in [2.45, 2.75) is 6.92 Å². The molecule has 8 heteroatoms. The topological polar surface area (TPSA) is 82.3 Å². The van der Waals surface area contributed by atoms with E-state index in [2.05, 4.69) is 30.0 Å². The molecular weight excluding hydrogens is 266 g/mol. The number of halogens is 1. The fraction of sp³-hybridized carbons (Fsp3) is 0.0909. The highest BCUT2D eigenvalue weighted by Gasteiger charge is 2.11. The van der Waals surface area contributed by atoms with Crippen LogP contribution in [0.15, 0.2) is 31.1 Å². The third-order valence-electron chi connectivity index (χ3n) is 2.50. The van der Waals surface area contributed by atoms with Crippen molar-refractivity contribution >= 4 is 11.6 Å². The number of hydrogen-bond donors (Lipinski definition) is 0. The minimum Gasteiger partial charge on any atom is -0.264 e. The Bertz CT molecular complexity index is 711. The van der Waals surface area contributed by atoms with Crippen LogP contribution in [0.2, 0.25) is 5.28 Å². The fourth-order valence-corrected chi connectivity index (χ4v) is 1.73. The van der Waals surface area contributed by atoms with Gasteiger partial charge in [0.2, 0.25) is 5.28 Å². The van der Waals surface area contributed by atoms with E-state index in [1.54, 1.807) is 12.4 Å². The van der Waals surface area contributed by atoms with Gasteiger partial charge in [-0.05, 0) is 30.2 Å². The van der Waals surface area contributed by atoms with Gasteiger partial charge in [0, 0.05) is 18.0 Å². The van der Waals surface area contributed by atoms with Gasteiger partial charge >= 0.3 is 0 Å². The molecule has 3 aromatic rings. The van der Waals surface area contributed by atoms with Crippen LogP contribution in [0.5, 0.6) is 0 Å². The first-order valence-corrected chi connectivity index (χ1v) is 5.79. The number of aromatic nitrogens is 7. The molecule has 3 aromatic heterocycles. The first kappa shape index (κ1) is 11.7. The molecule has 7 nitrogen and oxygen atoms in total. The summed E-state index contributed by atoms with van der Waals surface area (Å²) >= 11 is 5.92. The van der Waals surface area contributed by atoms with Crippen molar-refractivity contribution in [2.24, 2.45) is 0 Å². The SMILES string of the molecule is Cc1ccncc1-c1nc(Cl)nc(-n2cncn2)n1. The van der Waals surface area contributed by atoms with Crippen molar-refractivity contribution in [3.8, 4) is 17.3 Å². The van der Waals surface area contributed by atoms with Gasteiger partial charge in [0.15, 0.2) is 5.82 Å². The minimum atomic E-state index is 0.0961. The summed E-state index contributed by atoms with van der Waals surface area (Å²) in [6.07, 6.45) is 6.28. The van der Waals surface area contributed by atoms with Gasteiger partial charge in [-0.1, -0.05) is 0 Å². The number of aryl methyl sites for hydroxylation is 1. The van der Waals surface area contributed by atoms with Crippen LogP contribution in [0.1, 0.15) is 5.56 Å². The van der Waals surface area contributed by atoms with E-state index in [0.717, 1.165) is 11.1 Å². The van der Waals surface area contributed by atoms with Gasteiger partial charge < -0.3 is 0 Å². The summed E-state index contributed by atoms with van der Waals surface area (Å²) in [6.45, 7) is 1.95. The van der Waals surface area contributed by atoms with Gasteiger partial charge in [-0.3, -0.25) is 4.98 Å². The number of rotatable bonds is 2. The molecule has 0 radical (unpaired) electrons. The molecule has 0 spiro atoms. The number of pyridine rings is 1. The van der Waals surface area contributed by atoms with Crippen LogP contribution < -0.4 is 0 Å². The van der Waals surface area contributed by atoms with E-state index in [1.165, 1.54) is 17.3 Å². The Hall–Kier alpha value is -2.41. The maximum Gasteiger partial charge on any atom is 0.256 e. The first-order chi connectivity index (χ1) is 9.24. The van der Waals surface area contributed by atoms with E-state index in [9.17, 15) is 0 Å². The highest BCUT2D eigenvalue weighted by Crippen LogP contribution is 2.19.